The van der Waals surface area contributed by atoms with E-state index in [4.69, 9.17) is 4.74 Å². The fourth-order valence-corrected chi connectivity index (χ4v) is 1.36. The van der Waals surface area contributed by atoms with Gasteiger partial charge >= 0.3 is 0 Å². The normalized spacial score (nSPS) is 12.4. The molecule has 0 aliphatic carbocycles. The van der Waals surface area contributed by atoms with E-state index in [1.165, 1.54) is 25.7 Å². The highest BCUT2D eigenvalue weighted by Gasteiger charge is 2.08. The van der Waals surface area contributed by atoms with Gasteiger partial charge in [-0.1, -0.05) is 47.5 Å². The summed E-state index contributed by atoms with van der Waals surface area (Å²) in [7, 11) is 0. The van der Waals surface area contributed by atoms with Crippen LogP contribution in [0.2, 0.25) is 0 Å². The molecule has 14 heavy (non-hydrogen) atoms. The van der Waals surface area contributed by atoms with Crippen LogP contribution >= 0.6 is 0 Å². The molecule has 86 valence electrons. The molecule has 0 atom stereocenters. The van der Waals surface area contributed by atoms with Gasteiger partial charge in [-0.3, -0.25) is 0 Å². The van der Waals surface area contributed by atoms with Gasteiger partial charge in [0.1, 0.15) is 0 Å². The molecular formula is C13H28O. The average Bonchev–Trinajstić information content (AvgIpc) is 2.00. The Hall–Kier alpha value is -0.0400. The molecule has 0 saturated carbocycles. The second kappa shape index (κ2) is 7.28. The van der Waals surface area contributed by atoms with E-state index in [1.807, 2.05) is 0 Å². The summed E-state index contributed by atoms with van der Waals surface area (Å²) in [6.07, 6.45) is 5.21. The second-order valence-corrected chi connectivity index (χ2v) is 5.84. The number of hydrogen-bond acceptors (Lipinski definition) is 1. The van der Waals surface area contributed by atoms with Crippen molar-refractivity contribution >= 4 is 0 Å². The lowest BCUT2D eigenvalue weighted by Gasteiger charge is -2.17. The van der Waals surface area contributed by atoms with Crippen LogP contribution in [-0.2, 0) is 4.74 Å². The van der Waals surface area contributed by atoms with Gasteiger partial charge in [0.25, 0.3) is 0 Å². The van der Waals surface area contributed by atoms with E-state index in [-0.39, 0.29) is 0 Å². The van der Waals surface area contributed by atoms with E-state index in [9.17, 15) is 0 Å². The van der Waals surface area contributed by atoms with Crippen LogP contribution in [0.5, 0.6) is 0 Å². The molecule has 0 aromatic heterocycles. The first-order valence-corrected chi connectivity index (χ1v) is 5.99. The summed E-state index contributed by atoms with van der Waals surface area (Å²) in [5.41, 5.74) is 0.499. The van der Waals surface area contributed by atoms with E-state index in [1.54, 1.807) is 0 Å². The molecule has 0 aliphatic heterocycles. The molecule has 0 saturated heterocycles. The van der Waals surface area contributed by atoms with E-state index in [2.05, 4.69) is 34.6 Å². The van der Waals surface area contributed by atoms with Gasteiger partial charge in [0.2, 0.25) is 0 Å². The summed E-state index contributed by atoms with van der Waals surface area (Å²) >= 11 is 0. The molecule has 0 fully saturated rings. The van der Waals surface area contributed by atoms with Crippen molar-refractivity contribution in [1.82, 2.24) is 0 Å². The minimum absolute atomic E-state index is 0.499. The fourth-order valence-electron chi connectivity index (χ4n) is 1.36. The molecule has 0 rings (SSSR count). The topological polar surface area (TPSA) is 9.23 Å². The first-order chi connectivity index (χ1) is 6.42. The molecule has 0 N–H and O–H groups in total. The lowest BCUT2D eigenvalue weighted by molar-refractivity contribution is 0.106. The minimum atomic E-state index is 0.499. The summed E-state index contributed by atoms with van der Waals surface area (Å²) in [6, 6.07) is 0. The predicted molar refractivity (Wildman–Crippen MR) is 63.6 cm³/mol. The highest BCUT2D eigenvalue weighted by molar-refractivity contribution is 4.60. The molecule has 0 aromatic rings. The van der Waals surface area contributed by atoms with Crippen molar-refractivity contribution in [1.29, 1.82) is 0 Å². The molecule has 1 heteroatoms. The first-order valence-electron chi connectivity index (χ1n) is 5.99. The molecule has 0 amide bonds. The maximum absolute atomic E-state index is 5.53. The maximum Gasteiger partial charge on any atom is 0.0488 e. The van der Waals surface area contributed by atoms with Gasteiger partial charge in [-0.2, -0.15) is 0 Å². The van der Waals surface area contributed by atoms with Crippen LogP contribution in [0.15, 0.2) is 0 Å². The Morgan fingerprint density at radius 2 is 1.64 bits per heavy atom. The van der Waals surface area contributed by atoms with Crippen LogP contribution in [0.25, 0.3) is 0 Å². The maximum atomic E-state index is 5.53. The second-order valence-electron chi connectivity index (χ2n) is 5.84. The lowest BCUT2D eigenvalue weighted by Crippen LogP contribution is -2.05. The summed E-state index contributed by atoms with van der Waals surface area (Å²) < 4.78 is 5.53. The predicted octanol–water partition coefficient (Wildman–Crippen LogP) is 4.27. The molecule has 0 heterocycles. The third-order valence-corrected chi connectivity index (χ3v) is 2.17. The molecule has 0 bridgehead atoms. The third kappa shape index (κ3) is 12.0. The van der Waals surface area contributed by atoms with Crippen molar-refractivity contribution in [2.45, 2.75) is 60.3 Å². The van der Waals surface area contributed by atoms with E-state index < -0.39 is 0 Å². The molecule has 1 nitrogen and oxygen atoms in total. The Balaban J connectivity index is 3.07. The summed E-state index contributed by atoms with van der Waals surface area (Å²) in [4.78, 5) is 0. The zero-order valence-corrected chi connectivity index (χ0v) is 10.7. The summed E-state index contributed by atoms with van der Waals surface area (Å²) in [5.74, 6) is 0.671. The van der Waals surface area contributed by atoms with E-state index in [0.717, 1.165) is 13.2 Å². The Labute approximate surface area is 90.2 Å². The van der Waals surface area contributed by atoms with Gasteiger partial charge in [0.05, 0.1) is 0 Å². The van der Waals surface area contributed by atoms with Crippen molar-refractivity contribution in [3.63, 3.8) is 0 Å². The molecule has 0 unspecified atom stereocenters. The van der Waals surface area contributed by atoms with Crippen LogP contribution in [0.3, 0.4) is 0 Å². The first kappa shape index (κ1) is 14.0. The molecule has 0 spiro atoms. The average molecular weight is 200 g/mol. The Morgan fingerprint density at radius 1 is 1.00 bits per heavy atom. The monoisotopic (exact) mass is 200 g/mol. The zero-order chi connectivity index (χ0) is 11.0. The van der Waals surface area contributed by atoms with Crippen LogP contribution in [0.4, 0.5) is 0 Å². The third-order valence-electron chi connectivity index (χ3n) is 2.17. The standard InChI is InChI=1S/C13H28O/c1-12(2)11-14-10-8-6-7-9-13(3,4)5/h12H,6-11H2,1-5H3. The van der Waals surface area contributed by atoms with Crippen LogP contribution < -0.4 is 0 Å². The largest absolute Gasteiger partial charge is 0.381 e. The quantitative estimate of drug-likeness (QED) is 0.558. The SMILES string of the molecule is CC(C)COCCCCCC(C)(C)C. The molecular weight excluding hydrogens is 172 g/mol. The smallest absolute Gasteiger partial charge is 0.0488 e. The molecule has 0 aromatic carbocycles. The molecule has 0 aliphatic rings. The summed E-state index contributed by atoms with van der Waals surface area (Å²) in [6.45, 7) is 13.2. The van der Waals surface area contributed by atoms with Gasteiger partial charge in [-0.15, -0.1) is 0 Å². The van der Waals surface area contributed by atoms with Crippen molar-refractivity contribution in [2.24, 2.45) is 11.3 Å². The van der Waals surface area contributed by atoms with Crippen molar-refractivity contribution in [2.75, 3.05) is 13.2 Å². The van der Waals surface area contributed by atoms with Crippen LogP contribution in [0, 0.1) is 11.3 Å². The van der Waals surface area contributed by atoms with E-state index >= 15 is 0 Å². The van der Waals surface area contributed by atoms with Gasteiger partial charge in [0, 0.05) is 13.2 Å². The number of rotatable bonds is 7. The number of unbranched alkanes of at least 4 members (excludes halogenated alkanes) is 2. The van der Waals surface area contributed by atoms with Crippen LogP contribution in [0.1, 0.15) is 60.3 Å². The van der Waals surface area contributed by atoms with Gasteiger partial charge in [0.15, 0.2) is 0 Å². The van der Waals surface area contributed by atoms with Crippen molar-refractivity contribution < 1.29 is 4.74 Å². The zero-order valence-electron chi connectivity index (χ0n) is 10.7. The van der Waals surface area contributed by atoms with Crippen LogP contribution in [-0.4, -0.2) is 13.2 Å². The Morgan fingerprint density at radius 3 is 2.14 bits per heavy atom. The number of ether oxygens (including phenoxy) is 1. The molecule has 0 radical (unpaired) electrons. The van der Waals surface area contributed by atoms with Gasteiger partial charge < -0.3 is 4.74 Å². The van der Waals surface area contributed by atoms with Gasteiger partial charge in [-0.25, -0.2) is 0 Å². The Kier molecular flexibility index (Phi) is 7.26. The summed E-state index contributed by atoms with van der Waals surface area (Å²) in [5, 5.41) is 0. The van der Waals surface area contributed by atoms with Gasteiger partial charge in [-0.05, 0) is 24.2 Å². The highest BCUT2D eigenvalue weighted by atomic mass is 16.5. The Bertz CT molecular complexity index is 122. The van der Waals surface area contributed by atoms with Crippen molar-refractivity contribution in [3.8, 4) is 0 Å². The van der Waals surface area contributed by atoms with Crippen molar-refractivity contribution in [3.05, 3.63) is 0 Å². The number of hydrogen-bond donors (Lipinski definition) is 0. The minimum Gasteiger partial charge on any atom is -0.381 e. The lowest BCUT2D eigenvalue weighted by atomic mass is 9.89. The van der Waals surface area contributed by atoms with E-state index in [0.29, 0.717) is 11.3 Å². The fraction of sp³-hybridized carbons (Fsp3) is 1.00. The highest BCUT2D eigenvalue weighted by Crippen LogP contribution is 2.21.